The van der Waals surface area contributed by atoms with Gasteiger partial charge >= 0.3 is 17.6 Å². The summed E-state index contributed by atoms with van der Waals surface area (Å²) in [5.41, 5.74) is 1.17. The number of rotatable bonds is 4. The van der Waals surface area contributed by atoms with Gasteiger partial charge in [-0.2, -0.15) is 0 Å². The van der Waals surface area contributed by atoms with Crippen LogP contribution in [0.1, 0.15) is 54.9 Å². The standard InChI is InChI=1S/C19H16N4O6/c1-29-18(27)10-2-4-11-9(6-10)3-5-12(11)22-16(24)13-7-14(17(25)26)23-15(21-13)8-20-19(23)28/h2,4,6-8,12H,3,5H2,1H3,(H,20,28)(H,22,24)(H,25,26)/t12-/m0/s1. The molecule has 3 aromatic rings. The molecule has 1 aliphatic carbocycles. The molecule has 148 valence electrons. The molecular weight excluding hydrogens is 380 g/mol. The molecular formula is C19H16N4O6. The predicted molar refractivity (Wildman–Crippen MR) is 99.1 cm³/mol. The Morgan fingerprint density at radius 1 is 1.31 bits per heavy atom. The van der Waals surface area contributed by atoms with Crippen molar-refractivity contribution < 1.29 is 24.2 Å². The summed E-state index contributed by atoms with van der Waals surface area (Å²) in [4.78, 5) is 54.1. The van der Waals surface area contributed by atoms with Gasteiger partial charge in [0.25, 0.3) is 5.91 Å². The lowest BCUT2D eigenvalue weighted by atomic mass is 10.0. The highest BCUT2D eigenvalue weighted by molar-refractivity contribution is 5.96. The molecule has 1 atom stereocenters. The van der Waals surface area contributed by atoms with Crippen molar-refractivity contribution in [3.63, 3.8) is 0 Å². The van der Waals surface area contributed by atoms with Gasteiger partial charge in [-0.05, 0) is 36.1 Å². The summed E-state index contributed by atoms with van der Waals surface area (Å²) in [6.45, 7) is 0. The Morgan fingerprint density at radius 3 is 2.83 bits per heavy atom. The van der Waals surface area contributed by atoms with Gasteiger partial charge in [0, 0.05) is 12.3 Å². The van der Waals surface area contributed by atoms with Crippen molar-refractivity contribution in [2.75, 3.05) is 7.11 Å². The number of methoxy groups -OCH3 is 1. The molecule has 1 aromatic carbocycles. The van der Waals surface area contributed by atoms with Crippen molar-refractivity contribution in [3.05, 3.63) is 69.0 Å². The number of hydrogen-bond acceptors (Lipinski definition) is 6. The number of H-pyrrole nitrogens is 1. The van der Waals surface area contributed by atoms with Crippen LogP contribution >= 0.6 is 0 Å². The van der Waals surface area contributed by atoms with Gasteiger partial charge in [-0.3, -0.25) is 4.79 Å². The van der Waals surface area contributed by atoms with E-state index in [0.29, 0.717) is 18.4 Å². The number of carboxylic acids is 1. The highest BCUT2D eigenvalue weighted by Gasteiger charge is 2.27. The van der Waals surface area contributed by atoms with Crippen LogP contribution in [0, 0.1) is 0 Å². The molecule has 10 nitrogen and oxygen atoms in total. The molecule has 1 aliphatic rings. The van der Waals surface area contributed by atoms with Crippen molar-refractivity contribution in [1.29, 1.82) is 0 Å². The monoisotopic (exact) mass is 396 g/mol. The number of esters is 1. The van der Waals surface area contributed by atoms with E-state index >= 15 is 0 Å². The maximum atomic E-state index is 12.7. The Hall–Kier alpha value is -3.95. The number of carbonyl (C=O) groups excluding carboxylic acids is 2. The van der Waals surface area contributed by atoms with E-state index < -0.39 is 23.5 Å². The molecule has 0 bridgehead atoms. The number of nitrogens with zero attached hydrogens (tertiary/aromatic N) is 2. The quantitative estimate of drug-likeness (QED) is 0.557. The Bertz CT molecular complexity index is 1230. The lowest BCUT2D eigenvalue weighted by molar-refractivity contribution is 0.0599. The number of fused-ring (bicyclic) bond motifs is 2. The van der Waals surface area contributed by atoms with E-state index in [-0.39, 0.29) is 23.1 Å². The number of aromatic carboxylic acids is 1. The number of nitrogens with one attached hydrogen (secondary N) is 2. The molecule has 2 heterocycles. The number of amides is 1. The van der Waals surface area contributed by atoms with Crippen molar-refractivity contribution in [1.82, 2.24) is 19.7 Å². The zero-order valence-corrected chi connectivity index (χ0v) is 15.3. The third kappa shape index (κ3) is 3.14. The van der Waals surface area contributed by atoms with Gasteiger partial charge in [0.1, 0.15) is 11.4 Å². The summed E-state index contributed by atoms with van der Waals surface area (Å²) in [6, 6.07) is 5.91. The third-order valence-corrected chi connectivity index (χ3v) is 4.91. The summed E-state index contributed by atoms with van der Waals surface area (Å²) in [7, 11) is 1.31. The van der Waals surface area contributed by atoms with Crippen LogP contribution in [0.25, 0.3) is 5.65 Å². The first-order valence-electron chi connectivity index (χ1n) is 8.75. The first kappa shape index (κ1) is 18.4. The number of carbonyl (C=O) groups is 3. The first-order valence-corrected chi connectivity index (χ1v) is 8.75. The van der Waals surface area contributed by atoms with Crippen molar-refractivity contribution in [3.8, 4) is 0 Å². The number of benzene rings is 1. The number of imidazole rings is 1. The molecule has 4 rings (SSSR count). The fourth-order valence-electron chi connectivity index (χ4n) is 3.54. The Kier molecular flexibility index (Phi) is 4.38. The van der Waals surface area contributed by atoms with Crippen LogP contribution < -0.4 is 11.0 Å². The van der Waals surface area contributed by atoms with E-state index in [1.54, 1.807) is 18.2 Å². The van der Waals surface area contributed by atoms with E-state index in [2.05, 4.69) is 15.3 Å². The van der Waals surface area contributed by atoms with Crippen LogP contribution in [-0.4, -0.2) is 44.4 Å². The Morgan fingerprint density at radius 2 is 2.10 bits per heavy atom. The van der Waals surface area contributed by atoms with Crippen LogP contribution in [-0.2, 0) is 11.2 Å². The van der Waals surface area contributed by atoms with Gasteiger partial charge in [0.15, 0.2) is 5.65 Å². The molecule has 0 spiro atoms. The highest BCUT2D eigenvalue weighted by Crippen LogP contribution is 2.32. The second-order valence-corrected chi connectivity index (χ2v) is 6.59. The molecule has 0 saturated carbocycles. The molecule has 3 N–H and O–H groups in total. The minimum atomic E-state index is -1.35. The molecule has 0 unspecified atom stereocenters. The number of hydrogen-bond donors (Lipinski definition) is 3. The average molecular weight is 396 g/mol. The number of aromatic amines is 1. The molecule has 0 saturated heterocycles. The van der Waals surface area contributed by atoms with Crippen LogP contribution in [0.15, 0.2) is 35.3 Å². The summed E-state index contributed by atoms with van der Waals surface area (Å²) < 4.78 is 5.61. The van der Waals surface area contributed by atoms with Gasteiger partial charge in [-0.25, -0.2) is 23.8 Å². The second-order valence-electron chi connectivity index (χ2n) is 6.59. The maximum absolute atomic E-state index is 12.7. The van der Waals surface area contributed by atoms with E-state index in [1.807, 2.05) is 0 Å². The lowest BCUT2D eigenvalue weighted by Crippen LogP contribution is -2.29. The Labute approximate surface area is 163 Å². The third-order valence-electron chi connectivity index (χ3n) is 4.91. The van der Waals surface area contributed by atoms with Gasteiger partial charge in [-0.1, -0.05) is 6.07 Å². The number of aromatic nitrogens is 3. The summed E-state index contributed by atoms with van der Waals surface area (Å²) in [5.74, 6) is -2.34. The molecule has 29 heavy (non-hydrogen) atoms. The molecule has 1 amide bonds. The molecule has 10 heteroatoms. The fourth-order valence-corrected chi connectivity index (χ4v) is 3.54. The van der Waals surface area contributed by atoms with Crippen LogP contribution in [0.2, 0.25) is 0 Å². The maximum Gasteiger partial charge on any atom is 0.353 e. The van der Waals surface area contributed by atoms with Crippen molar-refractivity contribution in [2.45, 2.75) is 18.9 Å². The Balaban J connectivity index is 1.62. The molecule has 0 aliphatic heterocycles. The van der Waals surface area contributed by atoms with Gasteiger partial charge < -0.3 is 20.1 Å². The number of carboxylic acid groups (broad SMARTS) is 1. The summed E-state index contributed by atoms with van der Waals surface area (Å²) in [6.07, 6.45) is 2.54. The molecule has 0 radical (unpaired) electrons. The van der Waals surface area contributed by atoms with Crippen molar-refractivity contribution >= 4 is 23.5 Å². The summed E-state index contributed by atoms with van der Waals surface area (Å²) in [5, 5.41) is 12.2. The van der Waals surface area contributed by atoms with Gasteiger partial charge in [0.2, 0.25) is 0 Å². The van der Waals surface area contributed by atoms with Crippen molar-refractivity contribution in [2.24, 2.45) is 0 Å². The number of aryl methyl sites for hydroxylation is 1. The van der Waals surface area contributed by atoms with E-state index in [1.165, 1.54) is 13.3 Å². The normalized spacial score (nSPS) is 15.1. The largest absolute Gasteiger partial charge is 0.477 e. The van der Waals surface area contributed by atoms with E-state index in [4.69, 9.17) is 4.74 Å². The lowest BCUT2D eigenvalue weighted by Gasteiger charge is -2.14. The SMILES string of the molecule is COC(=O)c1ccc2c(c1)CC[C@@H]2NC(=O)c1cc(C(=O)O)n2c(=O)[nH]cc2n1. The smallest absolute Gasteiger partial charge is 0.353 e. The molecule has 0 fully saturated rings. The fraction of sp³-hybridized carbons (Fsp3) is 0.211. The minimum Gasteiger partial charge on any atom is -0.477 e. The van der Waals surface area contributed by atoms with Crippen LogP contribution in [0.5, 0.6) is 0 Å². The highest BCUT2D eigenvalue weighted by atomic mass is 16.5. The molecule has 2 aromatic heterocycles. The first-order chi connectivity index (χ1) is 13.9. The number of ether oxygens (including phenoxy) is 1. The zero-order chi connectivity index (χ0) is 20.7. The van der Waals surface area contributed by atoms with Gasteiger partial charge in [-0.15, -0.1) is 0 Å². The topological polar surface area (TPSA) is 143 Å². The second kappa shape index (κ2) is 6.89. The summed E-state index contributed by atoms with van der Waals surface area (Å²) >= 11 is 0. The van der Waals surface area contributed by atoms with Gasteiger partial charge in [0.05, 0.1) is 18.7 Å². The van der Waals surface area contributed by atoms with E-state index in [0.717, 1.165) is 21.6 Å². The minimum absolute atomic E-state index is 0.0367. The average Bonchev–Trinajstić information content (AvgIpc) is 3.29. The van der Waals surface area contributed by atoms with E-state index in [9.17, 15) is 24.3 Å². The zero-order valence-electron chi connectivity index (χ0n) is 15.3. The van der Waals surface area contributed by atoms with Crippen LogP contribution in [0.4, 0.5) is 0 Å². The van der Waals surface area contributed by atoms with Crippen LogP contribution in [0.3, 0.4) is 0 Å². The predicted octanol–water partition coefficient (Wildman–Crippen LogP) is 0.925.